The molecule has 1 saturated carbocycles. The number of ether oxygens (including phenoxy) is 2. The molecule has 0 unspecified atom stereocenters. The highest BCUT2D eigenvalue weighted by molar-refractivity contribution is 5.87. The lowest BCUT2D eigenvalue weighted by atomic mass is 9.76. The number of benzene rings is 2. The van der Waals surface area contributed by atoms with Crippen molar-refractivity contribution >= 4 is 5.97 Å². The Morgan fingerprint density at radius 3 is 2.07 bits per heavy atom. The lowest BCUT2D eigenvalue weighted by molar-refractivity contribution is -0.138. The molecule has 0 bridgehead atoms. The highest BCUT2D eigenvalue weighted by Crippen LogP contribution is 2.48. The number of hydrogen-bond acceptors (Lipinski definition) is 5. The summed E-state index contributed by atoms with van der Waals surface area (Å²) in [7, 11) is 0. The molecule has 0 saturated heterocycles. The highest BCUT2D eigenvalue weighted by atomic mass is 19.3. The van der Waals surface area contributed by atoms with Crippen LogP contribution in [0.25, 0.3) is 11.1 Å². The Balaban J connectivity index is 1.66. The molecule has 2 aromatic carbocycles. The van der Waals surface area contributed by atoms with E-state index >= 15 is 0 Å². The number of nitrogens with two attached hydrogens (primary N) is 2. The van der Waals surface area contributed by atoms with E-state index in [-0.39, 0.29) is 36.9 Å². The van der Waals surface area contributed by atoms with Gasteiger partial charge in [-0.15, -0.1) is 0 Å². The molecule has 0 spiro atoms. The molecule has 5 nitrogen and oxygen atoms in total. The van der Waals surface area contributed by atoms with E-state index in [1.165, 1.54) is 0 Å². The van der Waals surface area contributed by atoms with Crippen LogP contribution >= 0.6 is 0 Å². The van der Waals surface area contributed by atoms with Gasteiger partial charge in [0.25, 0.3) is 0 Å². The van der Waals surface area contributed by atoms with E-state index in [9.17, 15) is 13.6 Å². The lowest BCUT2D eigenvalue weighted by Crippen LogP contribution is -2.33. The fourth-order valence-electron chi connectivity index (χ4n) is 3.05. The number of alkyl halides is 2. The molecule has 148 valence electrons. The zero-order valence-electron chi connectivity index (χ0n) is 15.5. The first-order valence-electron chi connectivity index (χ1n) is 8.97. The third-order valence-electron chi connectivity index (χ3n) is 4.65. The lowest BCUT2D eigenvalue weighted by Gasteiger charge is -2.35. The van der Waals surface area contributed by atoms with Crippen LogP contribution in [0.1, 0.15) is 31.2 Å². The molecular formula is C21H22F2N2O3. The Hall–Kier alpha value is -3.09. The minimum Gasteiger partial charge on any atom is -0.461 e. The van der Waals surface area contributed by atoms with Crippen molar-refractivity contribution in [3.63, 3.8) is 0 Å². The van der Waals surface area contributed by atoms with E-state index in [1.807, 2.05) is 36.4 Å². The van der Waals surface area contributed by atoms with E-state index in [2.05, 4.69) is 0 Å². The van der Waals surface area contributed by atoms with Crippen LogP contribution in [-0.4, -0.2) is 18.5 Å². The topological polar surface area (TPSA) is 87.6 Å². The van der Waals surface area contributed by atoms with Crippen LogP contribution in [0.2, 0.25) is 0 Å². The van der Waals surface area contributed by atoms with Gasteiger partial charge in [-0.05, 0) is 41.7 Å². The summed E-state index contributed by atoms with van der Waals surface area (Å²) >= 11 is 0. The highest BCUT2D eigenvalue weighted by Gasteiger charge is 2.45. The Morgan fingerprint density at radius 1 is 1.04 bits per heavy atom. The summed E-state index contributed by atoms with van der Waals surface area (Å²) in [5.41, 5.74) is 13.8. The Morgan fingerprint density at radius 2 is 1.57 bits per heavy atom. The minimum atomic E-state index is -2.52. The molecule has 0 aromatic heterocycles. The first kappa shape index (κ1) is 19.7. The van der Waals surface area contributed by atoms with Crippen molar-refractivity contribution in [3.8, 4) is 16.9 Å². The van der Waals surface area contributed by atoms with Crippen LogP contribution in [0, 0.1) is 0 Å². The number of halogens is 2. The normalized spacial score (nSPS) is 16.7. The quantitative estimate of drug-likeness (QED) is 0.445. The monoisotopic (exact) mass is 388 g/mol. The summed E-state index contributed by atoms with van der Waals surface area (Å²) in [6.07, 6.45) is -0.162. The molecule has 0 aliphatic heterocycles. The zero-order valence-corrected chi connectivity index (χ0v) is 15.5. The first-order valence-corrected chi connectivity index (χ1v) is 8.97. The molecule has 0 amide bonds. The van der Waals surface area contributed by atoms with Crippen molar-refractivity contribution < 1.29 is 23.0 Å². The summed E-state index contributed by atoms with van der Waals surface area (Å²) < 4.78 is 36.2. The molecule has 1 aliphatic carbocycles. The molecule has 0 atom stereocenters. The predicted molar refractivity (Wildman–Crippen MR) is 101 cm³/mol. The number of carbonyl (C=O) groups is 1. The van der Waals surface area contributed by atoms with Crippen LogP contribution in [0.15, 0.2) is 60.1 Å². The van der Waals surface area contributed by atoms with Gasteiger partial charge in [-0.1, -0.05) is 36.4 Å². The minimum absolute atomic E-state index is 0.0700. The number of esters is 1. The maximum absolute atomic E-state index is 13.0. The van der Waals surface area contributed by atoms with E-state index in [4.69, 9.17) is 20.9 Å². The molecule has 28 heavy (non-hydrogen) atoms. The zero-order chi connectivity index (χ0) is 20.3. The van der Waals surface area contributed by atoms with E-state index in [0.717, 1.165) is 16.7 Å². The van der Waals surface area contributed by atoms with E-state index in [1.54, 1.807) is 19.1 Å². The van der Waals surface area contributed by atoms with Crippen LogP contribution in [0.3, 0.4) is 0 Å². The molecule has 1 aliphatic rings. The van der Waals surface area contributed by atoms with Crippen molar-refractivity contribution in [1.29, 1.82) is 0 Å². The van der Waals surface area contributed by atoms with Crippen molar-refractivity contribution in [2.75, 3.05) is 6.61 Å². The Kier molecular flexibility index (Phi) is 5.53. The first-order chi connectivity index (χ1) is 13.3. The molecule has 3 rings (SSSR count). The van der Waals surface area contributed by atoms with Gasteiger partial charge in [0.15, 0.2) is 5.70 Å². The van der Waals surface area contributed by atoms with Gasteiger partial charge in [0.1, 0.15) is 5.75 Å². The third kappa shape index (κ3) is 4.42. The molecule has 0 heterocycles. The summed E-state index contributed by atoms with van der Waals surface area (Å²) in [5.74, 6) is -3.14. The average Bonchev–Trinajstić information content (AvgIpc) is 2.66. The smallest absolute Gasteiger partial charge is 0.359 e. The molecule has 0 radical (unpaired) electrons. The summed E-state index contributed by atoms with van der Waals surface area (Å²) in [5, 5.41) is 0. The van der Waals surface area contributed by atoms with Gasteiger partial charge < -0.3 is 20.9 Å². The van der Waals surface area contributed by atoms with Gasteiger partial charge in [0.2, 0.25) is 11.8 Å². The number of carbonyl (C=O) groups excluding carboxylic acids is 1. The maximum atomic E-state index is 13.0. The van der Waals surface area contributed by atoms with Gasteiger partial charge in [-0.3, -0.25) is 0 Å². The van der Waals surface area contributed by atoms with Gasteiger partial charge in [0.05, 0.1) is 6.61 Å². The fourth-order valence-corrected chi connectivity index (χ4v) is 3.05. The van der Waals surface area contributed by atoms with Crippen LogP contribution < -0.4 is 16.2 Å². The van der Waals surface area contributed by atoms with Gasteiger partial charge in [-0.25, -0.2) is 13.6 Å². The summed E-state index contributed by atoms with van der Waals surface area (Å²) in [6.45, 7) is 1.85. The number of hydrogen-bond donors (Lipinski definition) is 2. The van der Waals surface area contributed by atoms with Crippen LogP contribution in [0.5, 0.6) is 5.75 Å². The third-order valence-corrected chi connectivity index (χ3v) is 4.65. The maximum Gasteiger partial charge on any atom is 0.359 e. The Bertz CT molecular complexity index is 870. The fraction of sp³-hybridized carbons (Fsp3) is 0.286. The predicted octanol–water partition coefficient (Wildman–Crippen LogP) is 3.89. The standard InChI is InChI=1S/C21H22F2N2O3/c1-2-27-20(26)18(24)19(25)28-17-9-7-14(8-10-17)13-3-5-15(6-4-13)16-11-21(22,23)12-16/h3-10,16H,2,11-12,24-25H2,1H3/b19-18+. The van der Waals surface area contributed by atoms with E-state index < -0.39 is 11.9 Å². The largest absolute Gasteiger partial charge is 0.461 e. The summed E-state index contributed by atoms with van der Waals surface area (Å²) in [4.78, 5) is 11.5. The molecular weight excluding hydrogens is 366 g/mol. The Labute approximate surface area is 161 Å². The SMILES string of the molecule is CCOC(=O)/C(N)=C(/N)Oc1ccc(-c2ccc(C3CC(F)(F)C3)cc2)cc1. The van der Waals surface area contributed by atoms with Crippen LogP contribution in [0.4, 0.5) is 8.78 Å². The second-order valence-corrected chi connectivity index (χ2v) is 6.71. The van der Waals surface area contributed by atoms with Crippen molar-refractivity contribution in [1.82, 2.24) is 0 Å². The van der Waals surface area contributed by atoms with Crippen molar-refractivity contribution in [2.24, 2.45) is 11.5 Å². The average molecular weight is 388 g/mol. The molecule has 4 N–H and O–H groups in total. The van der Waals surface area contributed by atoms with Gasteiger partial charge >= 0.3 is 5.97 Å². The van der Waals surface area contributed by atoms with Gasteiger partial charge in [0, 0.05) is 12.8 Å². The second-order valence-electron chi connectivity index (χ2n) is 6.71. The number of rotatable bonds is 6. The molecule has 1 fully saturated rings. The second kappa shape index (κ2) is 7.88. The summed E-state index contributed by atoms with van der Waals surface area (Å²) in [6, 6.07) is 14.7. The van der Waals surface area contributed by atoms with E-state index in [0.29, 0.717) is 5.75 Å². The van der Waals surface area contributed by atoms with Crippen LogP contribution in [-0.2, 0) is 9.53 Å². The van der Waals surface area contributed by atoms with Crippen molar-refractivity contribution in [3.05, 3.63) is 65.7 Å². The molecule has 7 heteroatoms. The van der Waals surface area contributed by atoms with Gasteiger partial charge in [-0.2, -0.15) is 0 Å². The van der Waals surface area contributed by atoms with Crippen molar-refractivity contribution in [2.45, 2.75) is 31.6 Å². The molecule has 2 aromatic rings.